The van der Waals surface area contributed by atoms with Gasteiger partial charge < -0.3 is 10.6 Å². The van der Waals surface area contributed by atoms with Crippen molar-refractivity contribution in [2.24, 2.45) is 0 Å². The first-order valence-electron chi connectivity index (χ1n) is 6.11. The van der Waals surface area contributed by atoms with Crippen LogP contribution in [0.1, 0.15) is 24.2 Å². The van der Waals surface area contributed by atoms with E-state index >= 15 is 0 Å². The maximum Gasteiger partial charge on any atom is 0.420 e. The molecule has 4 nitrogen and oxygen atoms in total. The second kappa shape index (κ2) is 6.09. The van der Waals surface area contributed by atoms with Crippen LogP contribution >= 0.6 is 0 Å². The van der Waals surface area contributed by atoms with E-state index in [4.69, 9.17) is 0 Å². The number of rotatable bonds is 3. The molecule has 0 saturated carbocycles. The van der Waals surface area contributed by atoms with Crippen molar-refractivity contribution < 1.29 is 35.9 Å². The van der Waals surface area contributed by atoms with E-state index in [1.54, 1.807) is 0 Å². The number of halogens is 6. The molecule has 0 atom stereocenters. The first-order valence-corrected chi connectivity index (χ1v) is 6.11. The average molecular weight is 342 g/mol. The molecule has 23 heavy (non-hydrogen) atoms. The molecule has 1 rings (SSSR count). The van der Waals surface area contributed by atoms with E-state index in [-0.39, 0.29) is 24.0 Å². The van der Waals surface area contributed by atoms with Crippen molar-refractivity contribution in [1.82, 2.24) is 5.32 Å². The van der Waals surface area contributed by atoms with E-state index in [1.165, 1.54) is 31.2 Å². The zero-order valence-corrected chi connectivity index (χ0v) is 11.9. The van der Waals surface area contributed by atoms with E-state index in [9.17, 15) is 35.9 Å². The number of ketones is 1. The van der Waals surface area contributed by atoms with Crippen molar-refractivity contribution in [2.45, 2.75) is 31.7 Å². The molecular weight excluding hydrogens is 330 g/mol. The van der Waals surface area contributed by atoms with Gasteiger partial charge in [-0.15, -0.1) is 0 Å². The van der Waals surface area contributed by atoms with Gasteiger partial charge in [0, 0.05) is 11.3 Å². The average Bonchev–Trinajstić information content (AvgIpc) is 2.36. The van der Waals surface area contributed by atoms with E-state index in [2.05, 4.69) is 0 Å². The monoisotopic (exact) mass is 342 g/mol. The predicted molar refractivity (Wildman–Crippen MR) is 69.1 cm³/mol. The SMILES string of the molecule is CC(=O)c1ccc(NC(=O)NC(C)(C(F)(F)F)C(F)(F)F)cc1. The van der Waals surface area contributed by atoms with Gasteiger partial charge in [-0.25, -0.2) is 4.79 Å². The zero-order valence-electron chi connectivity index (χ0n) is 11.9. The number of nitrogens with one attached hydrogen (secondary N) is 2. The number of Topliss-reactive ketones (excluding diaryl/α,β-unsaturated/α-hetero) is 1. The van der Waals surface area contributed by atoms with Crippen molar-refractivity contribution in [3.8, 4) is 0 Å². The normalized spacial score (nSPS) is 12.7. The molecule has 0 heterocycles. The summed E-state index contributed by atoms with van der Waals surface area (Å²) < 4.78 is 75.8. The minimum atomic E-state index is -5.74. The maximum absolute atomic E-state index is 12.6. The summed E-state index contributed by atoms with van der Waals surface area (Å²) >= 11 is 0. The number of anilines is 1. The van der Waals surface area contributed by atoms with Crippen molar-refractivity contribution in [3.05, 3.63) is 29.8 Å². The highest BCUT2D eigenvalue weighted by atomic mass is 19.4. The lowest BCUT2D eigenvalue weighted by molar-refractivity contribution is -0.297. The van der Waals surface area contributed by atoms with Gasteiger partial charge in [-0.05, 0) is 38.1 Å². The number of hydrogen-bond acceptors (Lipinski definition) is 2. The van der Waals surface area contributed by atoms with Crippen molar-refractivity contribution >= 4 is 17.5 Å². The molecule has 0 aliphatic heterocycles. The molecule has 0 radical (unpaired) electrons. The van der Waals surface area contributed by atoms with Crippen LogP contribution in [0.15, 0.2) is 24.3 Å². The fraction of sp³-hybridized carbons (Fsp3) is 0.385. The molecule has 2 N–H and O–H groups in total. The Balaban J connectivity index is 2.91. The van der Waals surface area contributed by atoms with Crippen LogP contribution in [-0.4, -0.2) is 29.7 Å². The Morgan fingerprint density at radius 3 is 1.70 bits per heavy atom. The largest absolute Gasteiger partial charge is 0.420 e. The second-order valence-electron chi connectivity index (χ2n) is 4.83. The van der Waals surface area contributed by atoms with Crippen LogP contribution in [-0.2, 0) is 0 Å². The van der Waals surface area contributed by atoms with Gasteiger partial charge in [0.15, 0.2) is 5.78 Å². The first kappa shape index (κ1) is 18.8. The molecule has 0 fully saturated rings. The molecule has 10 heteroatoms. The fourth-order valence-corrected chi connectivity index (χ4v) is 1.48. The zero-order chi connectivity index (χ0) is 18.1. The van der Waals surface area contributed by atoms with E-state index in [0.29, 0.717) is 0 Å². The summed E-state index contributed by atoms with van der Waals surface area (Å²) in [5.74, 6) is -0.289. The Morgan fingerprint density at radius 1 is 0.913 bits per heavy atom. The van der Waals surface area contributed by atoms with Crippen LogP contribution in [0.4, 0.5) is 36.8 Å². The molecule has 0 spiro atoms. The Kier molecular flexibility index (Phi) is 4.97. The summed E-state index contributed by atoms with van der Waals surface area (Å²) in [6.07, 6.45) is -11.5. The number of hydrogen-bond donors (Lipinski definition) is 2. The number of benzene rings is 1. The van der Waals surface area contributed by atoms with Gasteiger partial charge in [-0.2, -0.15) is 26.3 Å². The third kappa shape index (κ3) is 4.14. The lowest BCUT2D eigenvalue weighted by atomic mass is 10.0. The van der Waals surface area contributed by atoms with Crippen LogP contribution in [0.2, 0.25) is 0 Å². The van der Waals surface area contributed by atoms with Crippen LogP contribution in [0.25, 0.3) is 0 Å². The topological polar surface area (TPSA) is 58.2 Å². The number of carbonyl (C=O) groups excluding carboxylic acids is 2. The van der Waals surface area contributed by atoms with E-state index in [1.807, 2.05) is 5.32 Å². The minimum absolute atomic E-state index is 0.0702. The highest BCUT2D eigenvalue weighted by molar-refractivity contribution is 5.95. The lowest BCUT2D eigenvalue weighted by Crippen LogP contribution is -2.66. The standard InChI is InChI=1S/C13H12F6N2O2/c1-7(22)8-3-5-9(6-4-8)20-10(23)21-11(2,12(14,15)16)13(17,18)19/h3-6H,1-2H3,(H2,20,21,23). The van der Waals surface area contributed by atoms with Gasteiger partial charge in [0.05, 0.1) is 0 Å². The summed E-state index contributed by atoms with van der Waals surface area (Å²) in [4.78, 5) is 22.5. The molecule has 0 aromatic heterocycles. The third-order valence-electron chi connectivity index (χ3n) is 3.05. The predicted octanol–water partition coefficient (Wildman–Crippen LogP) is 3.89. The van der Waals surface area contributed by atoms with Gasteiger partial charge in [-0.1, -0.05) is 0 Å². The summed E-state index contributed by atoms with van der Waals surface area (Å²) in [7, 11) is 0. The van der Waals surface area contributed by atoms with E-state index < -0.39 is 23.9 Å². The summed E-state index contributed by atoms with van der Waals surface area (Å²) in [5, 5.41) is 2.74. The van der Waals surface area contributed by atoms with Crippen molar-refractivity contribution in [2.75, 3.05) is 5.32 Å². The van der Waals surface area contributed by atoms with Gasteiger partial charge in [0.2, 0.25) is 5.54 Å². The molecule has 2 amide bonds. The number of urea groups is 1. The quantitative estimate of drug-likeness (QED) is 0.647. The Labute approximate surface area is 126 Å². The Bertz CT molecular complexity index is 578. The minimum Gasteiger partial charge on any atom is -0.316 e. The highest BCUT2D eigenvalue weighted by Gasteiger charge is 2.68. The van der Waals surface area contributed by atoms with Crippen LogP contribution in [0, 0.1) is 0 Å². The molecule has 0 bridgehead atoms. The number of amides is 2. The highest BCUT2D eigenvalue weighted by Crippen LogP contribution is 2.42. The molecule has 0 unspecified atom stereocenters. The Hall–Kier alpha value is -2.26. The molecule has 1 aromatic rings. The molecule has 1 aromatic carbocycles. The smallest absolute Gasteiger partial charge is 0.316 e. The van der Waals surface area contributed by atoms with Gasteiger partial charge in [-0.3, -0.25) is 4.79 Å². The maximum atomic E-state index is 12.6. The molecular formula is C13H12F6N2O2. The van der Waals surface area contributed by atoms with Crippen LogP contribution < -0.4 is 10.6 Å². The van der Waals surface area contributed by atoms with Crippen molar-refractivity contribution in [1.29, 1.82) is 0 Å². The molecule has 0 saturated heterocycles. The molecule has 0 aliphatic carbocycles. The first-order chi connectivity index (χ1) is 10.3. The molecule has 0 aliphatic rings. The Morgan fingerprint density at radius 2 is 1.35 bits per heavy atom. The summed E-state index contributed by atoms with van der Waals surface area (Å²) in [6.45, 7) is 1.10. The van der Waals surface area contributed by atoms with Crippen LogP contribution in [0.3, 0.4) is 0 Å². The summed E-state index contributed by atoms with van der Waals surface area (Å²) in [5.41, 5.74) is -4.20. The van der Waals surface area contributed by atoms with Crippen molar-refractivity contribution in [3.63, 3.8) is 0 Å². The van der Waals surface area contributed by atoms with E-state index in [0.717, 1.165) is 5.32 Å². The summed E-state index contributed by atoms with van der Waals surface area (Å²) in [6, 6.07) is 3.21. The van der Waals surface area contributed by atoms with Gasteiger partial charge in [0.25, 0.3) is 0 Å². The second-order valence-corrected chi connectivity index (χ2v) is 4.83. The third-order valence-corrected chi connectivity index (χ3v) is 3.05. The molecule has 128 valence electrons. The fourth-order valence-electron chi connectivity index (χ4n) is 1.48. The number of carbonyl (C=O) groups is 2. The van der Waals surface area contributed by atoms with Crippen LogP contribution in [0.5, 0.6) is 0 Å². The number of alkyl halides is 6. The van der Waals surface area contributed by atoms with Gasteiger partial charge in [0.1, 0.15) is 0 Å². The van der Waals surface area contributed by atoms with Gasteiger partial charge >= 0.3 is 18.4 Å². The lowest BCUT2D eigenvalue weighted by Gasteiger charge is -2.34.